The fourth-order valence-corrected chi connectivity index (χ4v) is 2.86. The van der Waals surface area contributed by atoms with Crippen molar-refractivity contribution in [3.63, 3.8) is 0 Å². The minimum Gasteiger partial charge on any atom is -0.397 e. The lowest BCUT2D eigenvalue weighted by Gasteiger charge is -2.36. The van der Waals surface area contributed by atoms with E-state index in [4.69, 9.17) is 16.0 Å². The second-order valence-corrected chi connectivity index (χ2v) is 6.38. The van der Waals surface area contributed by atoms with Crippen LogP contribution in [0, 0.1) is 0 Å². The standard InChI is InChI=1S/C12H20N4O3S/c13-11-2-1-10(20(14,18)19)9-12(11)16-5-3-15(4-6-16)7-8-17/h1-2,9,17H,3-8,13H2,(H2,14,18,19). The first-order valence-corrected chi connectivity index (χ1v) is 7.97. The predicted octanol–water partition coefficient (Wildman–Crippen LogP) is -0.969. The van der Waals surface area contributed by atoms with Gasteiger partial charge in [-0.3, -0.25) is 4.90 Å². The van der Waals surface area contributed by atoms with Gasteiger partial charge in [-0.1, -0.05) is 0 Å². The summed E-state index contributed by atoms with van der Waals surface area (Å²) in [6.45, 7) is 3.87. The van der Waals surface area contributed by atoms with Gasteiger partial charge in [0.25, 0.3) is 0 Å². The number of nitrogens with zero attached hydrogens (tertiary/aromatic N) is 2. The lowest BCUT2D eigenvalue weighted by molar-refractivity contribution is 0.189. The van der Waals surface area contributed by atoms with E-state index in [-0.39, 0.29) is 11.5 Å². The molecule has 5 N–H and O–H groups in total. The second kappa shape index (κ2) is 5.96. The molecule has 2 rings (SSSR count). The van der Waals surface area contributed by atoms with E-state index in [1.54, 1.807) is 6.07 Å². The molecule has 0 atom stereocenters. The molecule has 8 heteroatoms. The van der Waals surface area contributed by atoms with Gasteiger partial charge in [-0.2, -0.15) is 0 Å². The zero-order valence-corrected chi connectivity index (χ0v) is 12.0. The van der Waals surface area contributed by atoms with Crippen LogP contribution in [0.1, 0.15) is 0 Å². The molecule has 0 bridgehead atoms. The number of aliphatic hydroxyl groups is 1. The number of benzene rings is 1. The number of anilines is 2. The lowest BCUT2D eigenvalue weighted by Crippen LogP contribution is -2.47. The predicted molar refractivity (Wildman–Crippen MR) is 78.0 cm³/mol. The van der Waals surface area contributed by atoms with Gasteiger partial charge in [0.1, 0.15) is 0 Å². The van der Waals surface area contributed by atoms with Crippen molar-refractivity contribution >= 4 is 21.4 Å². The Bertz CT molecular complexity index is 568. The molecule has 1 saturated heterocycles. The van der Waals surface area contributed by atoms with Gasteiger partial charge in [-0.25, -0.2) is 13.6 Å². The van der Waals surface area contributed by atoms with Crippen LogP contribution in [0.5, 0.6) is 0 Å². The molecule has 0 saturated carbocycles. The molecule has 20 heavy (non-hydrogen) atoms. The van der Waals surface area contributed by atoms with Crippen molar-refractivity contribution in [3.05, 3.63) is 18.2 Å². The highest BCUT2D eigenvalue weighted by Gasteiger charge is 2.20. The highest BCUT2D eigenvalue weighted by atomic mass is 32.2. The second-order valence-electron chi connectivity index (χ2n) is 4.82. The summed E-state index contributed by atoms with van der Waals surface area (Å²) in [5.74, 6) is 0. The van der Waals surface area contributed by atoms with Crippen LogP contribution >= 0.6 is 0 Å². The van der Waals surface area contributed by atoms with E-state index in [1.807, 2.05) is 4.90 Å². The molecule has 0 unspecified atom stereocenters. The van der Waals surface area contributed by atoms with Crippen LogP contribution in [0.25, 0.3) is 0 Å². The summed E-state index contributed by atoms with van der Waals surface area (Å²) in [5.41, 5.74) is 7.16. The monoisotopic (exact) mass is 300 g/mol. The van der Waals surface area contributed by atoms with E-state index in [1.165, 1.54) is 12.1 Å². The number of rotatable bonds is 4. The summed E-state index contributed by atoms with van der Waals surface area (Å²) in [7, 11) is -3.73. The number of aliphatic hydroxyl groups excluding tert-OH is 1. The molecule has 7 nitrogen and oxygen atoms in total. The first-order valence-electron chi connectivity index (χ1n) is 6.42. The Kier molecular flexibility index (Phi) is 4.48. The Morgan fingerprint density at radius 1 is 1.20 bits per heavy atom. The summed E-state index contributed by atoms with van der Waals surface area (Å²) < 4.78 is 22.8. The number of primary sulfonamides is 1. The molecule has 0 aromatic heterocycles. The van der Waals surface area contributed by atoms with Gasteiger partial charge >= 0.3 is 0 Å². The smallest absolute Gasteiger partial charge is 0.238 e. The molecule has 1 fully saturated rings. The van der Waals surface area contributed by atoms with Gasteiger partial charge in [0.15, 0.2) is 0 Å². The van der Waals surface area contributed by atoms with Gasteiger partial charge in [-0.15, -0.1) is 0 Å². The van der Waals surface area contributed by atoms with Crippen LogP contribution in [0.4, 0.5) is 11.4 Å². The number of nitrogen functional groups attached to an aromatic ring is 1. The highest BCUT2D eigenvalue weighted by Crippen LogP contribution is 2.27. The normalized spacial score (nSPS) is 17.4. The Morgan fingerprint density at radius 2 is 1.85 bits per heavy atom. The van der Waals surface area contributed by atoms with Gasteiger partial charge in [-0.05, 0) is 18.2 Å². The van der Waals surface area contributed by atoms with Crippen molar-refractivity contribution in [1.29, 1.82) is 0 Å². The summed E-state index contributed by atoms with van der Waals surface area (Å²) in [5, 5.41) is 14.1. The van der Waals surface area contributed by atoms with Crippen molar-refractivity contribution in [2.75, 3.05) is 50.0 Å². The fraction of sp³-hybridized carbons (Fsp3) is 0.500. The van der Waals surface area contributed by atoms with Crippen molar-refractivity contribution in [2.24, 2.45) is 5.14 Å². The quantitative estimate of drug-likeness (QED) is 0.617. The number of hydrogen-bond acceptors (Lipinski definition) is 6. The summed E-state index contributed by atoms with van der Waals surface area (Å²) in [4.78, 5) is 4.26. The van der Waals surface area contributed by atoms with E-state index >= 15 is 0 Å². The molecule has 1 aliphatic heterocycles. The van der Waals surface area contributed by atoms with Crippen molar-refractivity contribution < 1.29 is 13.5 Å². The molecular formula is C12H20N4O3S. The molecule has 0 spiro atoms. The van der Waals surface area contributed by atoms with Crippen LogP contribution < -0.4 is 15.8 Å². The third-order valence-corrected chi connectivity index (χ3v) is 4.37. The van der Waals surface area contributed by atoms with Crippen LogP contribution in [0.2, 0.25) is 0 Å². The molecule has 1 aromatic rings. The highest BCUT2D eigenvalue weighted by molar-refractivity contribution is 7.89. The van der Waals surface area contributed by atoms with E-state index < -0.39 is 10.0 Å². The Morgan fingerprint density at radius 3 is 2.40 bits per heavy atom. The first-order chi connectivity index (χ1) is 9.41. The fourth-order valence-electron chi connectivity index (χ4n) is 2.33. The minimum absolute atomic E-state index is 0.0690. The first kappa shape index (κ1) is 15.0. The number of sulfonamides is 1. The van der Waals surface area contributed by atoms with Gasteiger partial charge in [0, 0.05) is 32.7 Å². The average Bonchev–Trinajstić information content (AvgIpc) is 2.39. The van der Waals surface area contributed by atoms with Crippen molar-refractivity contribution in [2.45, 2.75) is 4.90 Å². The maximum atomic E-state index is 11.4. The van der Waals surface area contributed by atoms with E-state index in [0.717, 1.165) is 26.2 Å². The summed E-state index contributed by atoms with van der Waals surface area (Å²) >= 11 is 0. The molecule has 1 heterocycles. The molecule has 1 aliphatic rings. The molecule has 0 aliphatic carbocycles. The largest absolute Gasteiger partial charge is 0.397 e. The Hall–Kier alpha value is -1.35. The maximum Gasteiger partial charge on any atom is 0.238 e. The van der Waals surface area contributed by atoms with Gasteiger partial charge in [0.2, 0.25) is 10.0 Å². The average molecular weight is 300 g/mol. The summed E-state index contributed by atoms with van der Waals surface area (Å²) in [6.07, 6.45) is 0. The number of hydrogen-bond donors (Lipinski definition) is 3. The van der Waals surface area contributed by atoms with E-state index in [2.05, 4.69) is 4.90 Å². The molecular weight excluding hydrogens is 280 g/mol. The topological polar surface area (TPSA) is 113 Å². The van der Waals surface area contributed by atoms with E-state index in [0.29, 0.717) is 17.9 Å². The minimum atomic E-state index is -3.73. The zero-order valence-electron chi connectivity index (χ0n) is 11.2. The van der Waals surface area contributed by atoms with Crippen LogP contribution in [-0.4, -0.2) is 57.8 Å². The van der Waals surface area contributed by atoms with Crippen LogP contribution in [-0.2, 0) is 10.0 Å². The van der Waals surface area contributed by atoms with Crippen LogP contribution in [0.3, 0.4) is 0 Å². The molecule has 1 aromatic carbocycles. The molecule has 112 valence electrons. The Labute approximate surface area is 118 Å². The van der Waals surface area contributed by atoms with Crippen molar-refractivity contribution in [1.82, 2.24) is 4.90 Å². The summed E-state index contributed by atoms with van der Waals surface area (Å²) in [6, 6.07) is 4.50. The number of β-amino-alcohol motifs (C(OH)–C–C–N with tert-alkyl or cyclic N) is 1. The Balaban J connectivity index is 2.17. The SMILES string of the molecule is Nc1ccc(S(N)(=O)=O)cc1N1CCN(CCO)CC1. The number of nitrogens with two attached hydrogens (primary N) is 2. The third-order valence-electron chi connectivity index (χ3n) is 3.46. The van der Waals surface area contributed by atoms with E-state index in [9.17, 15) is 8.42 Å². The van der Waals surface area contributed by atoms with Gasteiger partial charge < -0.3 is 15.7 Å². The molecule has 0 radical (unpaired) electrons. The zero-order chi connectivity index (χ0) is 14.8. The molecule has 0 amide bonds. The lowest BCUT2D eigenvalue weighted by atomic mass is 10.2. The third kappa shape index (κ3) is 3.40. The number of piperazine rings is 1. The van der Waals surface area contributed by atoms with Crippen LogP contribution in [0.15, 0.2) is 23.1 Å². The van der Waals surface area contributed by atoms with Gasteiger partial charge in [0.05, 0.1) is 22.9 Å². The van der Waals surface area contributed by atoms with Crippen molar-refractivity contribution in [3.8, 4) is 0 Å². The maximum absolute atomic E-state index is 11.4.